The Bertz CT molecular complexity index is 649. The number of aryl methyl sites for hydroxylation is 1. The molecule has 0 aromatic carbocycles. The zero-order chi connectivity index (χ0) is 21.1. The first-order chi connectivity index (χ1) is 12.9. The Hall–Kier alpha value is -1.31. The number of hydrogen-bond donors (Lipinski definition) is 0. The fraction of sp³-hybridized carbons (Fsp3) is 0.762. The second-order valence-corrected chi connectivity index (χ2v) is 13.8. The van der Waals surface area contributed by atoms with Crippen LogP contribution in [0, 0.1) is 19.4 Å². The van der Waals surface area contributed by atoms with Gasteiger partial charge in [0.2, 0.25) is 12.5 Å². The molecular formula is C21H37N2O4Si+. The molecule has 158 valence electrons. The van der Waals surface area contributed by atoms with E-state index in [1.165, 1.54) is 0 Å². The summed E-state index contributed by atoms with van der Waals surface area (Å²) in [6.07, 6.45) is 2.13. The summed E-state index contributed by atoms with van der Waals surface area (Å²) in [7, 11) is -1.92. The van der Waals surface area contributed by atoms with Crippen molar-refractivity contribution in [1.82, 2.24) is 9.97 Å². The molecule has 0 unspecified atom stereocenters. The van der Waals surface area contributed by atoms with Gasteiger partial charge in [-0.25, -0.2) is 4.98 Å². The molecule has 2 heterocycles. The van der Waals surface area contributed by atoms with Crippen molar-refractivity contribution in [3.8, 4) is 11.9 Å². The molecule has 1 saturated heterocycles. The normalized spacial score (nSPS) is 20.5. The Labute approximate surface area is 171 Å². The van der Waals surface area contributed by atoms with Crippen LogP contribution in [0.3, 0.4) is 0 Å². The quantitative estimate of drug-likeness (QED) is 0.426. The third-order valence-electron chi connectivity index (χ3n) is 6.13. The lowest BCUT2D eigenvalue weighted by Crippen LogP contribution is -2.47. The van der Waals surface area contributed by atoms with Crippen LogP contribution in [0.2, 0.25) is 18.1 Å². The van der Waals surface area contributed by atoms with Gasteiger partial charge in [0.1, 0.15) is 0 Å². The Morgan fingerprint density at radius 3 is 2.57 bits per heavy atom. The SMILES string of the molecule is Cc1cnc(O[C@@H]2C[CH+]O[C@@H]2CO[Si](C)(C)C(C)(C)C(C)C)nc1OC(C)C. The second-order valence-electron chi connectivity index (χ2n) is 9.24. The molecule has 1 aromatic heterocycles. The van der Waals surface area contributed by atoms with Gasteiger partial charge >= 0.3 is 6.01 Å². The first-order valence-electron chi connectivity index (χ1n) is 10.2. The number of aromatic nitrogens is 2. The largest absolute Gasteiger partial charge is 0.475 e. The predicted molar refractivity (Wildman–Crippen MR) is 113 cm³/mol. The van der Waals surface area contributed by atoms with E-state index in [0.717, 1.165) is 5.56 Å². The Balaban J connectivity index is 2.02. The molecule has 0 N–H and O–H groups in total. The van der Waals surface area contributed by atoms with E-state index in [9.17, 15) is 0 Å². The molecule has 2 rings (SSSR count). The van der Waals surface area contributed by atoms with Crippen LogP contribution in [0.1, 0.15) is 53.5 Å². The lowest BCUT2D eigenvalue weighted by atomic mass is 9.99. The van der Waals surface area contributed by atoms with Crippen molar-refractivity contribution >= 4 is 8.32 Å². The minimum Gasteiger partial charge on any atom is -0.475 e. The average Bonchev–Trinajstić information content (AvgIpc) is 3.02. The Morgan fingerprint density at radius 2 is 1.96 bits per heavy atom. The average molecular weight is 410 g/mol. The van der Waals surface area contributed by atoms with Gasteiger partial charge in [0.05, 0.1) is 12.7 Å². The molecule has 0 saturated carbocycles. The van der Waals surface area contributed by atoms with Crippen molar-refractivity contribution in [2.75, 3.05) is 6.61 Å². The highest BCUT2D eigenvalue weighted by atomic mass is 28.4. The Morgan fingerprint density at radius 1 is 1.29 bits per heavy atom. The van der Waals surface area contributed by atoms with Crippen molar-refractivity contribution < 1.29 is 18.6 Å². The van der Waals surface area contributed by atoms with Gasteiger partial charge in [-0.15, -0.1) is 0 Å². The number of nitrogens with zero attached hydrogens (tertiary/aromatic N) is 2. The van der Waals surface area contributed by atoms with Gasteiger partial charge in [-0.05, 0) is 44.8 Å². The third-order valence-corrected chi connectivity index (χ3v) is 10.7. The molecule has 0 bridgehead atoms. The topological polar surface area (TPSA) is 62.7 Å². The van der Waals surface area contributed by atoms with E-state index in [1.54, 1.807) is 12.8 Å². The minimum atomic E-state index is -1.92. The minimum absolute atomic E-state index is 0.0437. The monoisotopic (exact) mass is 409 g/mol. The fourth-order valence-corrected chi connectivity index (χ4v) is 5.24. The molecule has 28 heavy (non-hydrogen) atoms. The van der Waals surface area contributed by atoms with E-state index in [4.69, 9.17) is 18.6 Å². The fourth-order valence-electron chi connectivity index (χ4n) is 2.90. The predicted octanol–water partition coefficient (Wildman–Crippen LogP) is 4.93. The van der Waals surface area contributed by atoms with Gasteiger partial charge in [0, 0.05) is 11.8 Å². The van der Waals surface area contributed by atoms with Crippen LogP contribution >= 0.6 is 0 Å². The molecule has 0 spiro atoms. The van der Waals surface area contributed by atoms with Crippen molar-refractivity contribution in [2.45, 2.75) is 91.3 Å². The number of hydrogen-bond acceptors (Lipinski definition) is 6. The summed E-state index contributed by atoms with van der Waals surface area (Å²) < 4.78 is 24.0. The molecular weight excluding hydrogens is 372 g/mol. The van der Waals surface area contributed by atoms with E-state index in [0.29, 0.717) is 30.8 Å². The van der Waals surface area contributed by atoms with Crippen molar-refractivity contribution in [3.63, 3.8) is 0 Å². The van der Waals surface area contributed by atoms with Crippen molar-refractivity contribution in [2.24, 2.45) is 5.92 Å². The smallest absolute Gasteiger partial charge is 0.320 e. The molecule has 0 aliphatic carbocycles. The summed E-state index contributed by atoms with van der Waals surface area (Å²) in [4.78, 5) is 8.73. The molecule has 0 radical (unpaired) electrons. The Kier molecular flexibility index (Phi) is 7.39. The summed E-state index contributed by atoms with van der Waals surface area (Å²) in [6, 6.07) is 0.314. The summed E-state index contributed by atoms with van der Waals surface area (Å²) in [5, 5.41) is 0.162. The van der Waals surface area contributed by atoms with E-state index >= 15 is 0 Å². The molecule has 1 aromatic rings. The van der Waals surface area contributed by atoms with Crippen LogP contribution in [0.4, 0.5) is 0 Å². The van der Waals surface area contributed by atoms with E-state index < -0.39 is 8.32 Å². The van der Waals surface area contributed by atoms with Crippen LogP contribution in [0.15, 0.2) is 6.20 Å². The molecule has 1 aliphatic rings. The molecule has 2 atom stereocenters. The maximum absolute atomic E-state index is 6.45. The van der Waals surface area contributed by atoms with Gasteiger partial charge in [-0.1, -0.05) is 27.7 Å². The lowest BCUT2D eigenvalue weighted by Gasteiger charge is -2.42. The van der Waals surface area contributed by atoms with Gasteiger partial charge in [-0.2, -0.15) is 9.72 Å². The highest BCUT2D eigenvalue weighted by molar-refractivity contribution is 6.74. The van der Waals surface area contributed by atoms with E-state index in [1.807, 2.05) is 20.8 Å². The summed E-state index contributed by atoms with van der Waals surface area (Å²) >= 11 is 0. The lowest BCUT2D eigenvalue weighted by molar-refractivity contribution is 0.0262. The van der Waals surface area contributed by atoms with Crippen LogP contribution in [-0.2, 0) is 9.16 Å². The molecule has 0 amide bonds. The first-order valence-corrected chi connectivity index (χ1v) is 13.1. The number of rotatable bonds is 9. The summed E-state index contributed by atoms with van der Waals surface area (Å²) in [6.45, 7) is 21.8. The maximum Gasteiger partial charge on any atom is 0.320 e. The highest BCUT2D eigenvalue weighted by Crippen LogP contribution is 2.44. The van der Waals surface area contributed by atoms with Crippen molar-refractivity contribution in [1.29, 1.82) is 0 Å². The van der Waals surface area contributed by atoms with Gasteiger partial charge in [0.25, 0.3) is 0 Å². The van der Waals surface area contributed by atoms with E-state index in [2.05, 4.69) is 50.8 Å². The summed E-state index contributed by atoms with van der Waals surface area (Å²) in [5.41, 5.74) is 0.888. The maximum atomic E-state index is 6.45. The van der Waals surface area contributed by atoms with Crippen LogP contribution < -0.4 is 9.47 Å². The molecule has 1 aliphatic heterocycles. The van der Waals surface area contributed by atoms with Crippen molar-refractivity contribution in [3.05, 3.63) is 18.4 Å². The molecule has 6 nitrogen and oxygen atoms in total. The zero-order valence-electron chi connectivity index (χ0n) is 18.9. The second kappa shape index (κ2) is 9.01. The number of ether oxygens (including phenoxy) is 3. The molecule has 7 heteroatoms. The van der Waals surface area contributed by atoms with Crippen LogP contribution in [0.5, 0.6) is 11.9 Å². The molecule has 1 fully saturated rings. The highest BCUT2D eigenvalue weighted by Gasteiger charge is 2.46. The van der Waals surface area contributed by atoms with Crippen LogP contribution in [0.25, 0.3) is 0 Å². The zero-order valence-corrected chi connectivity index (χ0v) is 19.9. The van der Waals surface area contributed by atoms with Gasteiger partial charge in [-0.3, -0.25) is 0 Å². The van der Waals surface area contributed by atoms with Gasteiger partial charge < -0.3 is 13.9 Å². The summed E-state index contributed by atoms with van der Waals surface area (Å²) in [5.74, 6) is 1.11. The van der Waals surface area contributed by atoms with E-state index in [-0.39, 0.29) is 23.4 Å². The van der Waals surface area contributed by atoms with Crippen LogP contribution in [-0.4, -0.2) is 43.2 Å². The first kappa shape index (κ1) is 23.0. The standard InChI is InChI=1S/C21H37N2O4Si/c1-14(2)21(6,7)28(8,9)25-13-18-17(10-11-24-18)27-20-22-12-16(5)19(23-20)26-15(3)4/h11-12,14-15,17-18H,10,13H2,1-9H3/q+1/t17-,18-/m1/s1. The third kappa shape index (κ3) is 5.39. The van der Waals surface area contributed by atoms with Gasteiger partial charge in [0.15, 0.2) is 26.9 Å².